The third kappa shape index (κ3) is 2.52. The lowest BCUT2D eigenvalue weighted by Gasteiger charge is -2.32. The molecule has 0 aromatic carbocycles. The number of hydrogen-bond donors (Lipinski definition) is 0. The summed E-state index contributed by atoms with van der Waals surface area (Å²) >= 11 is 1.83. The van der Waals surface area contributed by atoms with Crippen LogP contribution in [0, 0.1) is 5.92 Å². The van der Waals surface area contributed by atoms with Gasteiger partial charge >= 0.3 is 0 Å². The lowest BCUT2D eigenvalue weighted by molar-refractivity contribution is -0.126. The third-order valence-corrected chi connectivity index (χ3v) is 5.28. The van der Waals surface area contributed by atoms with Gasteiger partial charge in [0.1, 0.15) is 5.78 Å². The average molecular weight is 263 g/mol. The molecule has 2 atom stereocenters. The summed E-state index contributed by atoms with van der Waals surface area (Å²) in [6.07, 6.45) is 6.81. The Kier molecular flexibility index (Phi) is 3.80. The lowest BCUT2D eigenvalue weighted by Crippen LogP contribution is -2.40. The zero-order valence-electron chi connectivity index (χ0n) is 10.8. The average Bonchev–Trinajstić information content (AvgIpc) is 3.02. The zero-order valence-corrected chi connectivity index (χ0v) is 11.6. The van der Waals surface area contributed by atoms with E-state index in [1.54, 1.807) is 0 Å². The predicted molar refractivity (Wildman–Crippen MR) is 74.7 cm³/mol. The number of thiophene rings is 1. The number of Topliss-reactive ketones (excluding diaryl/α,β-unsaturated/α-hetero) is 1. The Hall–Kier alpha value is -0.670. The second kappa shape index (κ2) is 5.54. The molecule has 3 heteroatoms. The maximum atomic E-state index is 12.1. The van der Waals surface area contributed by atoms with Gasteiger partial charge in [-0.25, -0.2) is 0 Å². The van der Waals surface area contributed by atoms with Crippen molar-refractivity contribution in [1.29, 1.82) is 0 Å². The molecule has 98 valence electrons. The minimum atomic E-state index is 0.334. The van der Waals surface area contributed by atoms with Crippen molar-refractivity contribution in [1.82, 2.24) is 4.90 Å². The molecule has 1 aliphatic carbocycles. The van der Waals surface area contributed by atoms with Gasteiger partial charge in [-0.15, -0.1) is 11.3 Å². The summed E-state index contributed by atoms with van der Waals surface area (Å²) in [5, 5.41) is 2.15. The molecule has 2 unspecified atom stereocenters. The number of ketones is 1. The van der Waals surface area contributed by atoms with Gasteiger partial charge in [0, 0.05) is 29.8 Å². The van der Waals surface area contributed by atoms with Gasteiger partial charge in [0.05, 0.1) is 0 Å². The maximum Gasteiger partial charge on any atom is 0.137 e. The standard InChI is InChI=1S/C15H21NOS/c17-15-8-2-1-6-13(15)14-7-3-9-16(14)11-12-5-4-10-18-12/h4-5,10,13-14H,1-3,6-9,11H2. The molecule has 1 aliphatic heterocycles. The van der Waals surface area contributed by atoms with E-state index in [0.29, 0.717) is 17.7 Å². The summed E-state index contributed by atoms with van der Waals surface area (Å²) in [6.45, 7) is 2.22. The minimum absolute atomic E-state index is 0.334. The van der Waals surface area contributed by atoms with Crippen molar-refractivity contribution in [3.63, 3.8) is 0 Å². The minimum Gasteiger partial charge on any atom is -0.299 e. The van der Waals surface area contributed by atoms with Crippen molar-refractivity contribution >= 4 is 17.1 Å². The molecule has 0 N–H and O–H groups in total. The van der Waals surface area contributed by atoms with Crippen LogP contribution < -0.4 is 0 Å². The first-order valence-corrected chi connectivity index (χ1v) is 8.02. The molecular formula is C15H21NOS. The highest BCUT2D eigenvalue weighted by atomic mass is 32.1. The molecule has 0 radical (unpaired) electrons. The largest absolute Gasteiger partial charge is 0.299 e. The third-order valence-electron chi connectivity index (χ3n) is 4.42. The molecule has 2 aliphatic rings. The smallest absolute Gasteiger partial charge is 0.137 e. The van der Waals surface area contributed by atoms with E-state index in [2.05, 4.69) is 22.4 Å². The van der Waals surface area contributed by atoms with Crippen LogP contribution in [-0.4, -0.2) is 23.3 Å². The quantitative estimate of drug-likeness (QED) is 0.832. The second-order valence-corrected chi connectivity index (χ2v) is 6.61. The molecule has 1 aromatic heterocycles. The molecular weight excluding hydrogens is 242 g/mol. The van der Waals surface area contributed by atoms with E-state index in [4.69, 9.17) is 0 Å². The Morgan fingerprint density at radius 3 is 3.00 bits per heavy atom. The van der Waals surface area contributed by atoms with Crippen LogP contribution in [0.25, 0.3) is 0 Å². The number of carbonyl (C=O) groups excluding carboxylic acids is 1. The fourth-order valence-electron chi connectivity index (χ4n) is 3.52. The maximum absolute atomic E-state index is 12.1. The van der Waals surface area contributed by atoms with Crippen LogP contribution >= 0.6 is 11.3 Å². The van der Waals surface area contributed by atoms with Crippen LogP contribution in [0.4, 0.5) is 0 Å². The van der Waals surface area contributed by atoms with Gasteiger partial charge < -0.3 is 0 Å². The van der Waals surface area contributed by atoms with E-state index in [-0.39, 0.29) is 0 Å². The Morgan fingerprint density at radius 2 is 2.22 bits per heavy atom. The summed E-state index contributed by atoms with van der Waals surface area (Å²) in [6, 6.07) is 4.86. The van der Waals surface area contributed by atoms with Crippen molar-refractivity contribution in [2.75, 3.05) is 6.54 Å². The number of hydrogen-bond acceptors (Lipinski definition) is 3. The zero-order chi connectivity index (χ0) is 12.4. The fourth-order valence-corrected chi connectivity index (χ4v) is 4.25. The predicted octanol–water partition coefficient (Wildman–Crippen LogP) is 3.47. The first-order valence-electron chi connectivity index (χ1n) is 7.14. The summed E-state index contributed by atoms with van der Waals surface area (Å²) < 4.78 is 0. The first kappa shape index (κ1) is 12.4. The number of nitrogens with zero attached hydrogens (tertiary/aromatic N) is 1. The van der Waals surface area contributed by atoms with Crippen LogP contribution in [0.1, 0.15) is 43.4 Å². The van der Waals surface area contributed by atoms with Crippen LogP contribution in [0.15, 0.2) is 17.5 Å². The number of rotatable bonds is 3. The Labute approximate surface area is 113 Å². The molecule has 2 heterocycles. The van der Waals surface area contributed by atoms with Crippen molar-refractivity contribution in [2.24, 2.45) is 5.92 Å². The van der Waals surface area contributed by atoms with Crippen molar-refractivity contribution < 1.29 is 4.79 Å². The number of carbonyl (C=O) groups is 1. The fraction of sp³-hybridized carbons (Fsp3) is 0.667. The van der Waals surface area contributed by atoms with E-state index in [9.17, 15) is 4.79 Å². The summed E-state index contributed by atoms with van der Waals surface area (Å²) in [4.78, 5) is 16.1. The Balaban J connectivity index is 1.68. The molecule has 1 aromatic rings. The lowest BCUT2D eigenvalue weighted by atomic mass is 9.82. The first-order chi connectivity index (χ1) is 8.84. The van der Waals surface area contributed by atoms with E-state index >= 15 is 0 Å². The van der Waals surface area contributed by atoms with Crippen LogP contribution in [-0.2, 0) is 11.3 Å². The summed E-state index contributed by atoms with van der Waals surface area (Å²) in [7, 11) is 0. The van der Waals surface area contributed by atoms with E-state index < -0.39 is 0 Å². The van der Waals surface area contributed by atoms with E-state index in [1.807, 2.05) is 11.3 Å². The van der Waals surface area contributed by atoms with Crippen molar-refractivity contribution in [3.8, 4) is 0 Å². The topological polar surface area (TPSA) is 20.3 Å². The number of likely N-dealkylation sites (tertiary alicyclic amines) is 1. The molecule has 0 amide bonds. The van der Waals surface area contributed by atoms with Gasteiger partial charge in [-0.3, -0.25) is 9.69 Å². The van der Waals surface area contributed by atoms with Gasteiger partial charge in [-0.2, -0.15) is 0 Å². The molecule has 18 heavy (non-hydrogen) atoms. The van der Waals surface area contributed by atoms with Gasteiger partial charge in [0.2, 0.25) is 0 Å². The Bertz CT molecular complexity index is 401. The van der Waals surface area contributed by atoms with Crippen molar-refractivity contribution in [3.05, 3.63) is 22.4 Å². The molecule has 1 saturated heterocycles. The van der Waals surface area contributed by atoms with Crippen molar-refractivity contribution in [2.45, 2.75) is 51.1 Å². The molecule has 1 saturated carbocycles. The highest BCUT2D eigenvalue weighted by Gasteiger charge is 2.36. The second-order valence-electron chi connectivity index (χ2n) is 5.58. The molecule has 0 bridgehead atoms. The van der Waals surface area contributed by atoms with Gasteiger partial charge in [0.25, 0.3) is 0 Å². The highest BCUT2D eigenvalue weighted by molar-refractivity contribution is 7.09. The molecule has 3 rings (SSSR count). The SMILES string of the molecule is O=C1CCCCC1C1CCCN1Cc1cccs1. The summed E-state index contributed by atoms with van der Waals surface area (Å²) in [5.41, 5.74) is 0. The van der Waals surface area contributed by atoms with Gasteiger partial charge in [-0.1, -0.05) is 12.5 Å². The Morgan fingerprint density at radius 1 is 1.28 bits per heavy atom. The normalized spacial score (nSPS) is 29.9. The highest BCUT2D eigenvalue weighted by Crippen LogP contribution is 2.33. The van der Waals surface area contributed by atoms with Crippen LogP contribution in [0.5, 0.6) is 0 Å². The van der Waals surface area contributed by atoms with E-state index in [1.165, 1.54) is 30.7 Å². The summed E-state index contributed by atoms with van der Waals surface area (Å²) in [5.74, 6) is 0.866. The van der Waals surface area contributed by atoms with Gasteiger partial charge in [0.15, 0.2) is 0 Å². The molecule has 0 spiro atoms. The monoisotopic (exact) mass is 263 g/mol. The van der Waals surface area contributed by atoms with Gasteiger partial charge in [-0.05, 0) is 43.7 Å². The van der Waals surface area contributed by atoms with Crippen LogP contribution in [0.3, 0.4) is 0 Å². The molecule has 2 nitrogen and oxygen atoms in total. The van der Waals surface area contributed by atoms with E-state index in [0.717, 1.165) is 25.8 Å². The molecule has 2 fully saturated rings. The van der Waals surface area contributed by atoms with Crippen LogP contribution in [0.2, 0.25) is 0 Å².